The van der Waals surface area contributed by atoms with Crippen LogP contribution in [0.1, 0.15) is 19.8 Å². The topological polar surface area (TPSA) is 46.5 Å². The summed E-state index contributed by atoms with van der Waals surface area (Å²) in [4.78, 5) is 10.4. The van der Waals surface area contributed by atoms with Crippen LogP contribution >= 0.6 is 0 Å². The van der Waals surface area contributed by atoms with Gasteiger partial charge in [-0.15, -0.1) is 0 Å². The Labute approximate surface area is 188 Å². The second-order valence-corrected chi connectivity index (χ2v) is 6.86. The van der Waals surface area contributed by atoms with Gasteiger partial charge in [-0.25, -0.2) is 4.79 Å². The number of hydrogen-bond donors (Lipinski definition) is 1. The van der Waals surface area contributed by atoms with Crippen molar-refractivity contribution in [1.82, 2.24) is 0 Å². The molecule has 0 bridgehead atoms. The normalized spacial score (nSPS) is 15.9. The standard InChI is InChI=1S/C16H12F17O3/c1-7(8(34)35)3-2-5-36-6-4-9(17,18)10(19,20)11(21,22)12(23,24)13(25,26)14(27,28)15(29,30)16(31,32)33/h3,5H,2,4,6H2,1H3,(H,34,35). The van der Waals surface area contributed by atoms with Crippen molar-refractivity contribution in [1.29, 1.82) is 0 Å². The van der Waals surface area contributed by atoms with E-state index >= 15 is 0 Å². The van der Waals surface area contributed by atoms with Gasteiger partial charge in [0.15, 0.2) is 0 Å². The summed E-state index contributed by atoms with van der Waals surface area (Å²) in [5.74, 6) is -58.1. The van der Waals surface area contributed by atoms with Crippen LogP contribution in [0, 0.1) is 6.61 Å². The molecule has 213 valence electrons. The molecule has 36 heavy (non-hydrogen) atoms. The first-order valence-corrected chi connectivity index (χ1v) is 8.62. The molecule has 0 spiro atoms. The first kappa shape index (κ1) is 34.0. The van der Waals surface area contributed by atoms with Crippen molar-refractivity contribution in [2.75, 3.05) is 6.61 Å². The average molecular weight is 575 g/mol. The van der Waals surface area contributed by atoms with Crippen LogP contribution in [-0.4, -0.2) is 65.3 Å². The maximum atomic E-state index is 13.6. The summed E-state index contributed by atoms with van der Waals surface area (Å²) in [5, 5.41) is 8.48. The van der Waals surface area contributed by atoms with E-state index in [1.54, 1.807) is 0 Å². The highest BCUT2D eigenvalue weighted by molar-refractivity contribution is 5.85. The van der Waals surface area contributed by atoms with E-state index in [-0.39, 0.29) is 5.57 Å². The lowest BCUT2D eigenvalue weighted by Crippen LogP contribution is -2.74. The van der Waals surface area contributed by atoms with Gasteiger partial charge in [0.25, 0.3) is 0 Å². The first-order chi connectivity index (χ1) is 15.6. The Morgan fingerprint density at radius 1 is 0.667 bits per heavy atom. The van der Waals surface area contributed by atoms with Crippen molar-refractivity contribution in [3.05, 3.63) is 18.3 Å². The maximum absolute atomic E-state index is 13.6. The largest absolute Gasteiger partial charge is 0.478 e. The lowest BCUT2D eigenvalue weighted by molar-refractivity contribution is -0.462. The van der Waals surface area contributed by atoms with Crippen LogP contribution < -0.4 is 0 Å². The van der Waals surface area contributed by atoms with E-state index in [1.807, 2.05) is 0 Å². The Hall–Kier alpha value is -2.02. The number of carbonyl (C=O) groups is 1. The summed E-state index contributed by atoms with van der Waals surface area (Å²) in [6.45, 7) is -0.374. The zero-order valence-corrected chi connectivity index (χ0v) is 17.0. The van der Waals surface area contributed by atoms with Crippen LogP contribution in [0.3, 0.4) is 0 Å². The lowest BCUT2D eigenvalue weighted by Gasteiger charge is -2.42. The molecule has 0 saturated heterocycles. The molecule has 0 aromatic heterocycles. The van der Waals surface area contributed by atoms with E-state index in [4.69, 9.17) is 5.11 Å². The van der Waals surface area contributed by atoms with Gasteiger partial charge < -0.3 is 9.84 Å². The van der Waals surface area contributed by atoms with Crippen molar-refractivity contribution in [2.45, 2.75) is 67.4 Å². The lowest BCUT2D eigenvalue weighted by atomic mass is 9.88. The number of rotatable bonds is 13. The third-order valence-electron chi connectivity index (χ3n) is 4.30. The molecule has 1 N–H and O–H groups in total. The van der Waals surface area contributed by atoms with Gasteiger partial charge in [-0.3, -0.25) is 0 Å². The third-order valence-corrected chi connectivity index (χ3v) is 4.30. The highest BCUT2D eigenvalue weighted by Crippen LogP contribution is 2.64. The number of alkyl halides is 17. The number of halogens is 17. The molecule has 0 rings (SSSR count). The van der Waals surface area contributed by atoms with E-state index in [9.17, 15) is 79.4 Å². The highest BCUT2D eigenvalue weighted by Gasteiger charge is 2.95. The Morgan fingerprint density at radius 2 is 1.03 bits per heavy atom. The van der Waals surface area contributed by atoms with Gasteiger partial charge in [-0.1, -0.05) is 6.08 Å². The summed E-state index contributed by atoms with van der Waals surface area (Å²) < 4.78 is 227. The predicted molar refractivity (Wildman–Crippen MR) is 81.6 cm³/mol. The second kappa shape index (κ2) is 10.0. The molecule has 0 aliphatic carbocycles. The first-order valence-electron chi connectivity index (χ1n) is 8.62. The average Bonchev–Trinajstić information content (AvgIpc) is 2.68. The molecule has 0 aliphatic heterocycles. The third kappa shape index (κ3) is 5.46. The van der Waals surface area contributed by atoms with Crippen LogP contribution in [0.25, 0.3) is 0 Å². The zero-order chi connectivity index (χ0) is 29.4. The van der Waals surface area contributed by atoms with Gasteiger partial charge in [-0.05, 0) is 13.3 Å². The Morgan fingerprint density at radius 3 is 1.39 bits per heavy atom. The molecule has 0 aromatic rings. The van der Waals surface area contributed by atoms with Crippen molar-refractivity contribution in [2.24, 2.45) is 0 Å². The van der Waals surface area contributed by atoms with Crippen molar-refractivity contribution >= 4 is 5.97 Å². The van der Waals surface area contributed by atoms with Crippen molar-refractivity contribution in [3.8, 4) is 0 Å². The smallest absolute Gasteiger partial charge is 0.460 e. The summed E-state index contributed by atoms with van der Waals surface area (Å²) in [6.07, 6.45) is -10.2. The molecule has 0 aromatic carbocycles. The number of carboxylic acids is 1. The molecule has 0 saturated carbocycles. The zero-order valence-electron chi connectivity index (χ0n) is 17.0. The van der Waals surface area contributed by atoms with Gasteiger partial charge in [0, 0.05) is 12.0 Å². The molecule has 0 aliphatic rings. The van der Waals surface area contributed by atoms with Crippen LogP contribution in [0.4, 0.5) is 74.6 Å². The molecular weight excluding hydrogens is 563 g/mol. The van der Waals surface area contributed by atoms with Crippen LogP contribution in [0.2, 0.25) is 0 Å². The van der Waals surface area contributed by atoms with Crippen LogP contribution in [-0.2, 0) is 9.53 Å². The molecule has 0 amide bonds. The van der Waals surface area contributed by atoms with E-state index in [0.29, 0.717) is 6.61 Å². The molecule has 0 unspecified atom stereocenters. The van der Waals surface area contributed by atoms with Gasteiger partial charge in [-0.2, -0.15) is 74.6 Å². The number of ether oxygens (including phenoxy) is 1. The fourth-order valence-electron chi connectivity index (χ4n) is 2.00. The second-order valence-electron chi connectivity index (χ2n) is 6.86. The summed E-state index contributed by atoms with van der Waals surface area (Å²) >= 11 is 0. The van der Waals surface area contributed by atoms with E-state index in [1.165, 1.54) is 0 Å². The van der Waals surface area contributed by atoms with E-state index < -0.39 is 73.1 Å². The fourth-order valence-corrected chi connectivity index (χ4v) is 2.00. The van der Waals surface area contributed by atoms with Crippen LogP contribution in [0.5, 0.6) is 0 Å². The summed E-state index contributed by atoms with van der Waals surface area (Å²) in [6, 6.07) is 0. The summed E-state index contributed by atoms with van der Waals surface area (Å²) in [7, 11) is 0. The van der Waals surface area contributed by atoms with Gasteiger partial charge in [0.2, 0.25) is 0 Å². The Balaban J connectivity index is 5.96. The van der Waals surface area contributed by atoms with Crippen molar-refractivity contribution in [3.63, 3.8) is 0 Å². The molecule has 1 radical (unpaired) electrons. The fraction of sp³-hybridized carbons (Fsp3) is 0.750. The van der Waals surface area contributed by atoms with Crippen LogP contribution in [0.15, 0.2) is 11.6 Å². The molecule has 0 atom stereocenters. The van der Waals surface area contributed by atoms with E-state index in [0.717, 1.165) is 13.0 Å². The molecular formula is C16H12F17O3. The SMILES string of the molecule is CC(=CC[CH]OCCC(F)(F)C(F)(F)C(F)(F)C(F)(F)C(F)(F)C(F)(F)C(F)(F)C(F)(F)F)C(=O)O. The molecule has 3 nitrogen and oxygen atoms in total. The minimum absolute atomic E-state index is 0.359. The predicted octanol–water partition coefficient (Wildman–Crippen LogP) is 6.99. The summed E-state index contributed by atoms with van der Waals surface area (Å²) in [5.41, 5.74) is -0.359. The Bertz CT molecular complexity index is 813. The Kier molecular flexibility index (Phi) is 9.47. The molecule has 0 fully saturated rings. The van der Waals surface area contributed by atoms with E-state index in [2.05, 4.69) is 4.74 Å². The van der Waals surface area contributed by atoms with Crippen molar-refractivity contribution < 1.29 is 89.3 Å². The minimum Gasteiger partial charge on any atom is -0.478 e. The molecule has 0 heterocycles. The number of carboxylic acid groups (broad SMARTS) is 1. The monoisotopic (exact) mass is 575 g/mol. The number of hydrogen-bond acceptors (Lipinski definition) is 2. The van der Waals surface area contributed by atoms with Gasteiger partial charge in [0.05, 0.1) is 13.2 Å². The highest BCUT2D eigenvalue weighted by atomic mass is 19.4. The van der Waals surface area contributed by atoms with Gasteiger partial charge in [0.1, 0.15) is 0 Å². The molecule has 20 heteroatoms. The minimum atomic E-state index is -8.67. The maximum Gasteiger partial charge on any atom is 0.460 e. The van der Waals surface area contributed by atoms with Gasteiger partial charge >= 0.3 is 53.6 Å². The number of aliphatic carboxylic acids is 1. The quantitative estimate of drug-likeness (QED) is 0.147.